The Hall–Kier alpha value is -3.22. The number of aliphatic carboxylic acids is 1. The highest BCUT2D eigenvalue weighted by atomic mass is 16.5. The third kappa shape index (κ3) is 3.13. The molecule has 0 bridgehead atoms. The number of carbonyl (C=O) groups excluding carboxylic acids is 1. The number of amides is 1. The number of hydrogen-bond acceptors (Lipinski definition) is 5. The largest absolute Gasteiger partial charge is 0.481 e. The molecule has 0 radical (unpaired) electrons. The smallest absolute Gasteiger partial charge is 0.315 e. The van der Waals surface area contributed by atoms with Gasteiger partial charge in [-0.15, -0.1) is 0 Å². The van der Waals surface area contributed by atoms with Crippen LogP contribution in [-0.4, -0.2) is 33.7 Å². The lowest BCUT2D eigenvalue weighted by molar-refractivity contribution is -0.142. The number of benzene rings is 1. The monoisotopic (exact) mass is 379 g/mol. The van der Waals surface area contributed by atoms with Gasteiger partial charge in [0.1, 0.15) is 5.41 Å². The van der Waals surface area contributed by atoms with Crippen LogP contribution in [0.25, 0.3) is 11.1 Å². The van der Waals surface area contributed by atoms with E-state index in [1.165, 1.54) is 0 Å². The molecule has 2 aromatic heterocycles. The van der Waals surface area contributed by atoms with Crippen LogP contribution in [0.2, 0.25) is 0 Å². The van der Waals surface area contributed by atoms with E-state index in [-0.39, 0.29) is 12.5 Å². The van der Waals surface area contributed by atoms with Gasteiger partial charge in [-0.3, -0.25) is 9.59 Å². The van der Waals surface area contributed by atoms with Gasteiger partial charge in [0, 0.05) is 18.2 Å². The molecular weight excluding hydrogens is 358 g/mol. The van der Waals surface area contributed by atoms with Crippen molar-refractivity contribution < 1.29 is 19.2 Å². The Kier molecular flexibility index (Phi) is 4.37. The molecule has 1 saturated carbocycles. The molecule has 2 heterocycles. The first-order valence-electron chi connectivity index (χ1n) is 9.24. The predicted molar refractivity (Wildman–Crippen MR) is 102 cm³/mol. The zero-order chi connectivity index (χ0) is 19.9. The molecule has 1 atom stereocenters. The van der Waals surface area contributed by atoms with Gasteiger partial charge in [0.05, 0.1) is 16.6 Å². The van der Waals surface area contributed by atoms with Gasteiger partial charge in [0.15, 0.2) is 0 Å². The molecule has 2 N–H and O–H groups in total. The summed E-state index contributed by atoms with van der Waals surface area (Å²) in [5.41, 5.74) is 1.55. The molecule has 0 saturated heterocycles. The van der Waals surface area contributed by atoms with E-state index in [0.29, 0.717) is 33.8 Å². The lowest BCUT2D eigenvalue weighted by Gasteiger charge is -2.25. The summed E-state index contributed by atoms with van der Waals surface area (Å²) >= 11 is 0. The summed E-state index contributed by atoms with van der Waals surface area (Å²) in [5.74, 6) is -1.02. The lowest BCUT2D eigenvalue weighted by atomic mass is 9.82. The van der Waals surface area contributed by atoms with Crippen molar-refractivity contribution in [3.63, 3.8) is 0 Å². The second-order valence-electron chi connectivity index (χ2n) is 7.50. The Labute approximate surface area is 161 Å². The van der Waals surface area contributed by atoms with E-state index in [9.17, 15) is 14.7 Å². The Morgan fingerprint density at radius 1 is 1.29 bits per heavy atom. The van der Waals surface area contributed by atoms with E-state index in [1.807, 2.05) is 6.07 Å². The van der Waals surface area contributed by atoms with Crippen LogP contribution < -0.4 is 5.32 Å². The summed E-state index contributed by atoms with van der Waals surface area (Å²) < 4.78 is 5.28. The molecule has 7 heteroatoms. The molecular formula is C21H21N3O4. The summed E-state index contributed by atoms with van der Waals surface area (Å²) in [7, 11) is 0. The van der Waals surface area contributed by atoms with Crippen molar-refractivity contribution in [3.8, 4) is 0 Å². The van der Waals surface area contributed by atoms with Gasteiger partial charge in [0.2, 0.25) is 0 Å². The van der Waals surface area contributed by atoms with Crippen molar-refractivity contribution in [1.29, 1.82) is 0 Å². The Balaban J connectivity index is 1.65. The van der Waals surface area contributed by atoms with Gasteiger partial charge < -0.3 is 14.9 Å². The topological polar surface area (TPSA) is 105 Å². The SMILES string of the molecule is Cc1noc2nc(C3CC3)cc(C(=O)NCC(C)(C(=O)O)c3ccccc3)c12. The maximum Gasteiger partial charge on any atom is 0.315 e. The number of carboxylic acids is 1. The average molecular weight is 379 g/mol. The number of aromatic nitrogens is 2. The van der Waals surface area contributed by atoms with Gasteiger partial charge in [-0.1, -0.05) is 35.5 Å². The Bertz CT molecular complexity index is 1060. The fraction of sp³-hybridized carbons (Fsp3) is 0.333. The van der Waals surface area contributed by atoms with Gasteiger partial charge in [-0.2, -0.15) is 0 Å². The van der Waals surface area contributed by atoms with Crippen LogP contribution in [0.3, 0.4) is 0 Å². The second kappa shape index (κ2) is 6.74. The minimum Gasteiger partial charge on any atom is -0.481 e. The van der Waals surface area contributed by atoms with Crippen LogP contribution in [0.1, 0.15) is 53.0 Å². The maximum atomic E-state index is 13.0. The number of nitrogens with one attached hydrogen (secondary N) is 1. The first kappa shape index (κ1) is 18.2. The quantitative estimate of drug-likeness (QED) is 0.681. The van der Waals surface area contributed by atoms with E-state index in [1.54, 1.807) is 44.2 Å². The zero-order valence-electron chi connectivity index (χ0n) is 15.7. The number of aryl methyl sites for hydroxylation is 1. The third-order valence-electron chi connectivity index (χ3n) is 5.36. The van der Waals surface area contributed by atoms with E-state index >= 15 is 0 Å². The molecule has 144 valence electrons. The number of carbonyl (C=O) groups is 2. The lowest BCUT2D eigenvalue weighted by Crippen LogP contribution is -2.44. The molecule has 7 nitrogen and oxygen atoms in total. The highest BCUT2D eigenvalue weighted by molar-refractivity contribution is 6.06. The number of pyridine rings is 1. The van der Waals surface area contributed by atoms with Crippen LogP contribution in [0.15, 0.2) is 40.9 Å². The van der Waals surface area contributed by atoms with Crippen LogP contribution in [-0.2, 0) is 10.2 Å². The number of hydrogen-bond donors (Lipinski definition) is 2. The van der Waals surface area contributed by atoms with Gasteiger partial charge in [0.25, 0.3) is 11.6 Å². The molecule has 1 aliphatic carbocycles. The fourth-order valence-electron chi connectivity index (χ4n) is 3.34. The van der Waals surface area contributed by atoms with E-state index in [0.717, 1.165) is 18.5 Å². The van der Waals surface area contributed by atoms with Crippen molar-refractivity contribution in [2.45, 2.75) is 38.0 Å². The van der Waals surface area contributed by atoms with Crippen molar-refractivity contribution >= 4 is 23.0 Å². The number of carboxylic acid groups (broad SMARTS) is 1. The van der Waals surface area contributed by atoms with Gasteiger partial charge in [-0.25, -0.2) is 4.98 Å². The standard InChI is InChI=1S/C21H21N3O4/c1-12-17-15(10-16(13-8-9-13)23-19(17)28-24-12)18(25)22-11-21(2,20(26)27)14-6-4-3-5-7-14/h3-7,10,13H,8-9,11H2,1-2H3,(H,22,25)(H,26,27). The van der Waals surface area contributed by atoms with E-state index < -0.39 is 11.4 Å². The molecule has 1 fully saturated rings. The molecule has 28 heavy (non-hydrogen) atoms. The van der Waals surface area contributed by atoms with Crippen LogP contribution in [0.5, 0.6) is 0 Å². The third-order valence-corrected chi connectivity index (χ3v) is 5.36. The first-order valence-corrected chi connectivity index (χ1v) is 9.24. The first-order chi connectivity index (χ1) is 13.4. The fourth-order valence-corrected chi connectivity index (χ4v) is 3.34. The number of rotatable bonds is 6. The molecule has 1 amide bonds. The summed E-state index contributed by atoms with van der Waals surface area (Å²) in [4.78, 5) is 29.4. The van der Waals surface area contributed by atoms with Crippen LogP contribution in [0.4, 0.5) is 0 Å². The summed E-state index contributed by atoms with van der Waals surface area (Å²) in [6, 6.07) is 10.7. The van der Waals surface area contributed by atoms with Crippen LogP contribution >= 0.6 is 0 Å². The normalized spacial score (nSPS) is 15.9. The minimum atomic E-state index is -1.24. The molecule has 4 rings (SSSR count). The van der Waals surface area contributed by atoms with E-state index in [2.05, 4.69) is 15.5 Å². The number of fused-ring (bicyclic) bond motifs is 1. The maximum absolute atomic E-state index is 13.0. The predicted octanol–water partition coefficient (Wildman–Crippen LogP) is 3.18. The minimum absolute atomic E-state index is 0.0436. The van der Waals surface area contributed by atoms with Gasteiger partial charge >= 0.3 is 5.97 Å². The highest BCUT2D eigenvalue weighted by Crippen LogP contribution is 2.40. The summed E-state index contributed by atoms with van der Waals surface area (Å²) in [6.45, 7) is 3.32. The van der Waals surface area contributed by atoms with Gasteiger partial charge in [-0.05, 0) is 38.3 Å². The molecule has 1 aliphatic rings. The van der Waals surface area contributed by atoms with E-state index in [4.69, 9.17) is 4.52 Å². The van der Waals surface area contributed by atoms with Crippen molar-refractivity contribution in [1.82, 2.24) is 15.5 Å². The summed E-state index contributed by atoms with van der Waals surface area (Å²) in [6.07, 6.45) is 2.08. The van der Waals surface area contributed by atoms with Crippen molar-refractivity contribution in [2.24, 2.45) is 0 Å². The van der Waals surface area contributed by atoms with Crippen molar-refractivity contribution in [2.75, 3.05) is 6.54 Å². The molecule has 0 aliphatic heterocycles. The number of nitrogens with zero attached hydrogens (tertiary/aromatic N) is 2. The molecule has 3 aromatic rings. The highest BCUT2D eigenvalue weighted by Gasteiger charge is 2.36. The Morgan fingerprint density at radius 2 is 2.00 bits per heavy atom. The zero-order valence-corrected chi connectivity index (χ0v) is 15.7. The molecule has 0 spiro atoms. The Morgan fingerprint density at radius 3 is 2.64 bits per heavy atom. The summed E-state index contributed by atoms with van der Waals surface area (Å²) in [5, 5.41) is 17.1. The average Bonchev–Trinajstić information content (AvgIpc) is 3.49. The molecule has 1 aromatic carbocycles. The van der Waals surface area contributed by atoms with Crippen LogP contribution in [0, 0.1) is 6.92 Å². The second-order valence-corrected chi connectivity index (χ2v) is 7.50. The van der Waals surface area contributed by atoms with Crippen molar-refractivity contribution in [3.05, 3.63) is 58.9 Å². The molecule has 1 unspecified atom stereocenters.